The SMILES string of the molecule is CC[C@H]1CN2CC[C@H]1C[C@H]2[C@H](Oc1cccnn1)c1ccnc2ccc(OC)cc12. The lowest BCUT2D eigenvalue weighted by atomic mass is 9.72. The van der Waals surface area contributed by atoms with Crippen molar-refractivity contribution in [2.45, 2.75) is 38.3 Å². The fourth-order valence-corrected chi connectivity index (χ4v) is 5.31. The van der Waals surface area contributed by atoms with E-state index in [9.17, 15) is 0 Å². The Morgan fingerprint density at radius 1 is 1.20 bits per heavy atom. The van der Waals surface area contributed by atoms with Crippen LogP contribution in [-0.2, 0) is 0 Å². The molecule has 1 unspecified atom stereocenters. The smallest absolute Gasteiger partial charge is 0.234 e. The highest BCUT2D eigenvalue weighted by Crippen LogP contribution is 2.44. The molecular weight excluding hydrogens is 376 g/mol. The van der Waals surface area contributed by atoms with E-state index < -0.39 is 0 Å². The third-order valence-corrected chi connectivity index (χ3v) is 6.89. The third-order valence-electron chi connectivity index (χ3n) is 6.89. The van der Waals surface area contributed by atoms with Gasteiger partial charge in [0.1, 0.15) is 11.9 Å². The molecule has 5 heterocycles. The Hall–Kier alpha value is -2.73. The molecule has 3 saturated heterocycles. The van der Waals surface area contributed by atoms with Crippen molar-refractivity contribution >= 4 is 10.9 Å². The summed E-state index contributed by atoms with van der Waals surface area (Å²) in [4.78, 5) is 7.20. The second-order valence-electron chi connectivity index (χ2n) is 8.40. The summed E-state index contributed by atoms with van der Waals surface area (Å²) in [5.41, 5.74) is 2.08. The molecule has 2 bridgehead atoms. The van der Waals surface area contributed by atoms with Crippen molar-refractivity contribution < 1.29 is 9.47 Å². The number of methoxy groups -OCH3 is 1. The lowest BCUT2D eigenvalue weighted by molar-refractivity contribution is -0.0495. The Balaban J connectivity index is 1.58. The lowest BCUT2D eigenvalue weighted by Gasteiger charge is -2.51. The second-order valence-corrected chi connectivity index (χ2v) is 8.40. The van der Waals surface area contributed by atoms with Crippen LogP contribution in [0.1, 0.15) is 37.9 Å². The zero-order valence-electron chi connectivity index (χ0n) is 17.6. The Morgan fingerprint density at radius 3 is 2.87 bits per heavy atom. The Kier molecular flexibility index (Phi) is 5.25. The molecule has 6 nitrogen and oxygen atoms in total. The molecule has 0 amide bonds. The monoisotopic (exact) mass is 404 g/mol. The number of aromatic nitrogens is 3. The van der Waals surface area contributed by atoms with Gasteiger partial charge in [0.05, 0.1) is 18.7 Å². The predicted molar refractivity (Wildman–Crippen MR) is 116 cm³/mol. The predicted octanol–water partition coefficient (Wildman–Crippen LogP) is 4.27. The van der Waals surface area contributed by atoms with E-state index in [4.69, 9.17) is 9.47 Å². The van der Waals surface area contributed by atoms with Crippen LogP contribution in [0.15, 0.2) is 48.8 Å². The molecule has 6 rings (SSSR count). The quantitative estimate of drug-likeness (QED) is 0.611. The zero-order valence-corrected chi connectivity index (χ0v) is 17.6. The van der Waals surface area contributed by atoms with Crippen LogP contribution in [0.2, 0.25) is 0 Å². The first kappa shape index (κ1) is 19.2. The van der Waals surface area contributed by atoms with E-state index in [1.54, 1.807) is 13.3 Å². The number of piperidine rings is 3. The number of hydrogen-bond donors (Lipinski definition) is 0. The number of nitrogens with zero attached hydrogens (tertiary/aromatic N) is 4. The zero-order chi connectivity index (χ0) is 20.5. The van der Waals surface area contributed by atoms with E-state index in [1.807, 2.05) is 30.5 Å². The minimum Gasteiger partial charge on any atom is -0.497 e. The van der Waals surface area contributed by atoms with Crippen molar-refractivity contribution in [3.63, 3.8) is 0 Å². The number of ether oxygens (including phenoxy) is 2. The summed E-state index contributed by atoms with van der Waals surface area (Å²) in [6.07, 6.45) is 7.10. The minimum atomic E-state index is -0.139. The van der Waals surface area contributed by atoms with Gasteiger partial charge in [0.15, 0.2) is 0 Å². The van der Waals surface area contributed by atoms with Crippen LogP contribution in [-0.4, -0.2) is 46.3 Å². The Labute approximate surface area is 177 Å². The molecular formula is C24H28N4O2. The average molecular weight is 405 g/mol. The number of benzene rings is 1. The Bertz CT molecular complexity index is 1010. The van der Waals surface area contributed by atoms with Gasteiger partial charge in [0.25, 0.3) is 0 Å². The highest BCUT2D eigenvalue weighted by molar-refractivity contribution is 5.84. The fourth-order valence-electron chi connectivity index (χ4n) is 5.31. The fraction of sp³-hybridized carbons (Fsp3) is 0.458. The summed E-state index contributed by atoms with van der Waals surface area (Å²) in [5, 5.41) is 9.30. The molecule has 0 saturated carbocycles. The van der Waals surface area contributed by atoms with Gasteiger partial charge < -0.3 is 9.47 Å². The summed E-state index contributed by atoms with van der Waals surface area (Å²) >= 11 is 0. The van der Waals surface area contributed by atoms with Gasteiger partial charge in [-0.3, -0.25) is 9.88 Å². The summed E-state index contributed by atoms with van der Waals surface area (Å²) in [5.74, 6) is 2.94. The van der Waals surface area contributed by atoms with Crippen molar-refractivity contribution in [2.75, 3.05) is 20.2 Å². The van der Waals surface area contributed by atoms with E-state index in [2.05, 4.69) is 39.1 Å². The summed E-state index contributed by atoms with van der Waals surface area (Å²) in [6.45, 7) is 4.61. The third kappa shape index (κ3) is 3.49. The lowest BCUT2D eigenvalue weighted by Crippen LogP contribution is -2.56. The number of hydrogen-bond acceptors (Lipinski definition) is 6. The van der Waals surface area contributed by atoms with E-state index in [-0.39, 0.29) is 6.10 Å². The van der Waals surface area contributed by atoms with Gasteiger partial charge in [-0.2, -0.15) is 5.10 Å². The maximum atomic E-state index is 6.56. The molecule has 6 heteroatoms. The Morgan fingerprint density at radius 2 is 2.13 bits per heavy atom. The summed E-state index contributed by atoms with van der Waals surface area (Å²) < 4.78 is 12.1. The van der Waals surface area contributed by atoms with Crippen LogP contribution in [0.25, 0.3) is 10.9 Å². The highest BCUT2D eigenvalue weighted by Gasteiger charge is 2.44. The first-order valence-electron chi connectivity index (χ1n) is 10.9. The maximum Gasteiger partial charge on any atom is 0.234 e. The average Bonchev–Trinajstić information content (AvgIpc) is 2.82. The summed E-state index contributed by atoms with van der Waals surface area (Å²) in [7, 11) is 1.70. The molecule has 0 aliphatic carbocycles. The van der Waals surface area contributed by atoms with Gasteiger partial charge in [0, 0.05) is 36.0 Å². The van der Waals surface area contributed by atoms with Crippen molar-refractivity contribution in [1.29, 1.82) is 0 Å². The minimum absolute atomic E-state index is 0.139. The van der Waals surface area contributed by atoms with Gasteiger partial charge in [0.2, 0.25) is 5.88 Å². The van der Waals surface area contributed by atoms with Gasteiger partial charge in [-0.05, 0) is 61.6 Å². The molecule has 5 atom stereocenters. The number of rotatable bonds is 6. The van der Waals surface area contributed by atoms with Crippen molar-refractivity contribution in [3.05, 3.63) is 54.4 Å². The first-order valence-corrected chi connectivity index (χ1v) is 10.9. The molecule has 0 spiro atoms. The molecule has 3 fully saturated rings. The maximum absolute atomic E-state index is 6.56. The van der Waals surface area contributed by atoms with Gasteiger partial charge in [-0.15, -0.1) is 5.10 Å². The van der Waals surface area contributed by atoms with E-state index in [0.29, 0.717) is 11.9 Å². The number of fused-ring (bicyclic) bond motifs is 4. The molecule has 1 aromatic carbocycles. The van der Waals surface area contributed by atoms with Crippen LogP contribution >= 0.6 is 0 Å². The van der Waals surface area contributed by atoms with Crippen molar-refractivity contribution in [3.8, 4) is 11.6 Å². The molecule has 0 N–H and O–H groups in total. The van der Waals surface area contributed by atoms with Crippen molar-refractivity contribution in [2.24, 2.45) is 11.8 Å². The van der Waals surface area contributed by atoms with Crippen LogP contribution in [0.3, 0.4) is 0 Å². The van der Waals surface area contributed by atoms with Crippen LogP contribution < -0.4 is 9.47 Å². The van der Waals surface area contributed by atoms with Crippen molar-refractivity contribution in [1.82, 2.24) is 20.1 Å². The molecule has 3 aliphatic heterocycles. The molecule has 30 heavy (non-hydrogen) atoms. The second kappa shape index (κ2) is 8.19. The topological polar surface area (TPSA) is 60.4 Å². The van der Waals surface area contributed by atoms with Crippen LogP contribution in [0.4, 0.5) is 0 Å². The largest absolute Gasteiger partial charge is 0.497 e. The molecule has 0 radical (unpaired) electrons. The van der Waals surface area contributed by atoms with Gasteiger partial charge >= 0.3 is 0 Å². The molecule has 156 valence electrons. The van der Waals surface area contributed by atoms with Crippen LogP contribution in [0.5, 0.6) is 11.6 Å². The normalized spacial score (nSPS) is 26.5. The van der Waals surface area contributed by atoms with Gasteiger partial charge in [-0.1, -0.05) is 13.3 Å². The molecule has 2 aromatic heterocycles. The molecule has 3 aromatic rings. The first-order chi connectivity index (χ1) is 14.8. The van der Waals surface area contributed by atoms with E-state index in [1.165, 1.54) is 12.8 Å². The van der Waals surface area contributed by atoms with E-state index >= 15 is 0 Å². The highest BCUT2D eigenvalue weighted by atomic mass is 16.5. The van der Waals surface area contributed by atoms with Gasteiger partial charge in [-0.25, -0.2) is 0 Å². The standard InChI is InChI=1S/C24H28N4O2/c1-3-16-15-28-12-9-17(16)13-22(28)24(30-23-5-4-10-26-27-23)19-8-11-25-21-7-6-18(29-2)14-20(19)21/h4-8,10-11,14,16-17,22,24H,3,9,12-13,15H2,1-2H3/t16-,17-,22-,24+/m0/s1. The molecule has 3 aliphatic rings. The van der Waals surface area contributed by atoms with E-state index in [0.717, 1.165) is 53.6 Å². The number of pyridine rings is 1. The van der Waals surface area contributed by atoms with Crippen LogP contribution in [0, 0.1) is 11.8 Å². The summed E-state index contributed by atoms with van der Waals surface area (Å²) in [6, 6.07) is 12.2.